The summed E-state index contributed by atoms with van der Waals surface area (Å²) in [6.07, 6.45) is 0. The van der Waals surface area contributed by atoms with Crippen molar-refractivity contribution in [3.05, 3.63) is 35.4 Å². The molecule has 1 rings (SSSR count). The molecule has 112 valence electrons. The number of carbonyl (C=O) groups is 1. The highest BCUT2D eigenvalue weighted by atomic mass is 16.2. The lowest BCUT2D eigenvalue weighted by Crippen LogP contribution is -2.38. The molecule has 1 N–H and O–H groups in total. The van der Waals surface area contributed by atoms with Gasteiger partial charge in [0.2, 0.25) is 5.91 Å². The first kappa shape index (κ1) is 16.7. The number of nitrogens with zero attached hydrogens (tertiary/aromatic N) is 1. The zero-order valence-corrected chi connectivity index (χ0v) is 13.4. The molecule has 0 aromatic heterocycles. The van der Waals surface area contributed by atoms with Gasteiger partial charge in [-0.3, -0.25) is 4.79 Å². The molecule has 0 saturated carbocycles. The van der Waals surface area contributed by atoms with E-state index in [1.54, 1.807) is 0 Å². The van der Waals surface area contributed by atoms with Crippen LogP contribution >= 0.6 is 0 Å². The average molecular weight is 276 g/mol. The molecule has 3 nitrogen and oxygen atoms in total. The molecule has 1 amide bonds. The van der Waals surface area contributed by atoms with Gasteiger partial charge >= 0.3 is 0 Å². The van der Waals surface area contributed by atoms with Gasteiger partial charge in [0.05, 0.1) is 6.54 Å². The molecular formula is C17H28N2O. The fraction of sp³-hybridized carbons (Fsp3) is 0.588. The number of hydrogen-bond acceptors (Lipinski definition) is 2. The molecule has 20 heavy (non-hydrogen) atoms. The SMILES string of the molecule is CCN(CC)C(=O)CNC(C)c1ccc(C(C)C)cc1. The zero-order chi connectivity index (χ0) is 15.1. The van der Waals surface area contributed by atoms with E-state index in [1.807, 2.05) is 18.7 Å². The highest BCUT2D eigenvalue weighted by Crippen LogP contribution is 2.18. The summed E-state index contributed by atoms with van der Waals surface area (Å²) >= 11 is 0. The number of benzene rings is 1. The Hall–Kier alpha value is -1.35. The van der Waals surface area contributed by atoms with E-state index in [0.717, 1.165) is 13.1 Å². The van der Waals surface area contributed by atoms with Crippen LogP contribution in [0.5, 0.6) is 0 Å². The Kier molecular flexibility index (Phi) is 6.73. The molecule has 0 aliphatic rings. The van der Waals surface area contributed by atoms with Gasteiger partial charge in [0.25, 0.3) is 0 Å². The first-order valence-electron chi connectivity index (χ1n) is 7.60. The highest BCUT2D eigenvalue weighted by Gasteiger charge is 2.12. The molecule has 1 unspecified atom stereocenters. The van der Waals surface area contributed by atoms with Gasteiger partial charge in [-0.15, -0.1) is 0 Å². The lowest BCUT2D eigenvalue weighted by molar-refractivity contribution is -0.129. The normalized spacial score (nSPS) is 12.5. The lowest BCUT2D eigenvalue weighted by atomic mass is 9.99. The average Bonchev–Trinajstić information content (AvgIpc) is 2.46. The fourth-order valence-corrected chi connectivity index (χ4v) is 2.22. The van der Waals surface area contributed by atoms with Crippen molar-refractivity contribution < 1.29 is 4.79 Å². The molecule has 0 heterocycles. The van der Waals surface area contributed by atoms with Crippen molar-refractivity contribution in [2.75, 3.05) is 19.6 Å². The Bertz CT molecular complexity index is 408. The second-order valence-electron chi connectivity index (χ2n) is 5.49. The Morgan fingerprint density at radius 1 is 1.05 bits per heavy atom. The molecule has 1 aromatic rings. The first-order chi connectivity index (χ1) is 9.49. The summed E-state index contributed by atoms with van der Waals surface area (Å²) in [7, 11) is 0. The topological polar surface area (TPSA) is 32.3 Å². The zero-order valence-electron chi connectivity index (χ0n) is 13.4. The third kappa shape index (κ3) is 4.64. The molecule has 0 aliphatic heterocycles. The predicted molar refractivity (Wildman–Crippen MR) is 84.9 cm³/mol. The van der Waals surface area contributed by atoms with Crippen LogP contribution in [0.15, 0.2) is 24.3 Å². The maximum absolute atomic E-state index is 11.9. The van der Waals surface area contributed by atoms with E-state index in [-0.39, 0.29) is 11.9 Å². The van der Waals surface area contributed by atoms with Gasteiger partial charge in [-0.2, -0.15) is 0 Å². The van der Waals surface area contributed by atoms with E-state index in [4.69, 9.17) is 0 Å². The van der Waals surface area contributed by atoms with Gasteiger partial charge in [-0.1, -0.05) is 38.1 Å². The Labute approximate surface area is 123 Å². The number of carbonyl (C=O) groups excluding carboxylic acids is 1. The van der Waals surface area contributed by atoms with Gasteiger partial charge in [-0.25, -0.2) is 0 Å². The largest absolute Gasteiger partial charge is 0.342 e. The minimum atomic E-state index is 0.167. The second-order valence-corrected chi connectivity index (χ2v) is 5.49. The monoisotopic (exact) mass is 276 g/mol. The summed E-state index contributed by atoms with van der Waals surface area (Å²) in [5.74, 6) is 0.720. The predicted octanol–water partition coefficient (Wildman–Crippen LogP) is 3.33. The summed E-state index contributed by atoms with van der Waals surface area (Å²) in [6, 6.07) is 8.83. The molecular weight excluding hydrogens is 248 g/mol. The summed E-state index contributed by atoms with van der Waals surface area (Å²) in [4.78, 5) is 13.8. The number of hydrogen-bond donors (Lipinski definition) is 1. The molecule has 1 atom stereocenters. The number of nitrogens with one attached hydrogen (secondary N) is 1. The summed E-state index contributed by atoms with van der Waals surface area (Å²) in [6.45, 7) is 12.4. The molecule has 0 fully saturated rings. The van der Waals surface area contributed by atoms with Crippen LogP contribution in [0.4, 0.5) is 0 Å². The van der Waals surface area contributed by atoms with Crippen LogP contribution in [-0.4, -0.2) is 30.4 Å². The highest BCUT2D eigenvalue weighted by molar-refractivity contribution is 5.78. The smallest absolute Gasteiger partial charge is 0.236 e. The molecule has 1 aromatic carbocycles. The Balaban J connectivity index is 2.54. The van der Waals surface area contributed by atoms with E-state index in [1.165, 1.54) is 11.1 Å². The maximum Gasteiger partial charge on any atom is 0.236 e. The summed E-state index contributed by atoms with van der Waals surface area (Å²) in [5, 5.41) is 3.31. The third-order valence-corrected chi connectivity index (χ3v) is 3.78. The molecule has 0 saturated heterocycles. The van der Waals surface area contributed by atoms with Crippen LogP contribution in [0, 0.1) is 0 Å². The van der Waals surface area contributed by atoms with Crippen LogP contribution in [0.25, 0.3) is 0 Å². The van der Waals surface area contributed by atoms with Crippen molar-refractivity contribution in [3.63, 3.8) is 0 Å². The Morgan fingerprint density at radius 2 is 1.55 bits per heavy atom. The molecule has 0 spiro atoms. The summed E-state index contributed by atoms with van der Waals surface area (Å²) in [5.41, 5.74) is 2.57. The minimum absolute atomic E-state index is 0.167. The van der Waals surface area contributed by atoms with Gasteiger partial charge in [0.1, 0.15) is 0 Å². The van der Waals surface area contributed by atoms with Crippen LogP contribution in [0.1, 0.15) is 57.7 Å². The molecule has 0 radical (unpaired) electrons. The second kappa shape index (κ2) is 8.05. The van der Waals surface area contributed by atoms with E-state index < -0.39 is 0 Å². The number of rotatable bonds is 7. The van der Waals surface area contributed by atoms with Crippen molar-refractivity contribution in [2.45, 2.75) is 46.6 Å². The van der Waals surface area contributed by atoms with Crippen molar-refractivity contribution >= 4 is 5.91 Å². The van der Waals surface area contributed by atoms with Crippen LogP contribution in [0.3, 0.4) is 0 Å². The van der Waals surface area contributed by atoms with Gasteiger partial charge in [0.15, 0.2) is 0 Å². The van der Waals surface area contributed by atoms with Crippen LogP contribution in [-0.2, 0) is 4.79 Å². The van der Waals surface area contributed by atoms with Crippen LogP contribution < -0.4 is 5.32 Å². The van der Waals surface area contributed by atoms with E-state index in [0.29, 0.717) is 12.5 Å². The van der Waals surface area contributed by atoms with Crippen molar-refractivity contribution in [2.24, 2.45) is 0 Å². The number of amides is 1. The van der Waals surface area contributed by atoms with Gasteiger partial charge < -0.3 is 10.2 Å². The van der Waals surface area contributed by atoms with Crippen molar-refractivity contribution in [1.82, 2.24) is 10.2 Å². The minimum Gasteiger partial charge on any atom is -0.342 e. The Morgan fingerprint density at radius 3 is 2.00 bits per heavy atom. The molecule has 3 heteroatoms. The molecule has 0 bridgehead atoms. The summed E-state index contributed by atoms with van der Waals surface area (Å²) < 4.78 is 0. The van der Waals surface area contributed by atoms with Gasteiger partial charge in [-0.05, 0) is 37.8 Å². The van der Waals surface area contributed by atoms with Crippen LogP contribution in [0.2, 0.25) is 0 Å². The quantitative estimate of drug-likeness (QED) is 0.828. The molecule has 0 aliphatic carbocycles. The number of likely N-dealkylation sites (N-methyl/N-ethyl adjacent to an activating group) is 1. The lowest BCUT2D eigenvalue weighted by Gasteiger charge is -2.21. The first-order valence-corrected chi connectivity index (χ1v) is 7.60. The van der Waals surface area contributed by atoms with E-state index in [9.17, 15) is 4.79 Å². The van der Waals surface area contributed by atoms with Gasteiger partial charge in [0, 0.05) is 19.1 Å². The standard InChI is InChI=1S/C17H28N2O/c1-6-19(7-2)17(20)12-18-14(5)16-10-8-15(9-11-16)13(3)4/h8-11,13-14,18H,6-7,12H2,1-5H3. The fourth-order valence-electron chi connectivity index (χ4n) is 2.22. The third-order valence-electron chi connectivity index (χ3n) is 3.78. The van der Waals surface area contributed by atoms with Crippen molar-refractivity contribution in [3.8, 4) is 0 Å². The maximum atomic E-state index is 11.9. The van der Waals surface area contributed by atoms with E-state index >= 15 is 0 Å². The van der Waals surface area contributed by atoms with Crippen molar-refractivity contribution in [1.29, 1.82) is 0 Å². The van der Waals surface area contributed by atoms with E-state index in [2.05, 4.69) is 50.4 Å².